The molecule has 6 nitrogen and oxygen atoms in total. The van der Waals surface area contributed by atoms with Crippen molar-refractivity contribution >= 4 is 21.6 Å². The van der Waals surface area contributed by atoms with E-state index in [1.165, 1.54) is 12.1 Å². The smallest absolute Gasteiger partial charge is 0.319 e. The largest absolute Gasteiger partial charge is 0.497 e. The van der Waals surface area contributed by atoms with Gasteiger partial charge in [-0.3, -0.25) is 0 Å². The van der Waals surface area contributed by atoms with Crippen molar-refractivity contribution in [3.8, 4) is 5.75 Å². The number of ether oxygens (including phenoxy) is 1. The molecule has 0 fully saturated rings. The normalized spacial score (nSPS) is 11.0. The summed E-state index contributed by atoms with van der Waals surface area (Å²) >= 11 is 0. The quantitative estimate of drug-likeness (QED) is 0.572. The molecule has 0 aromatic heterocycles. The predicted molar refractivity (Wildman–Crippen MR) is 117 cm³/mol. The lowest BCUT2D eigenvalue weighted by Gasteiger charge is -2.09. The molecule has 0 heterocycles. The average Bonchev–Trinajstić information content (AvgIpc) is 2.78. The number of carbonyl (C=O) groups excluding carboxylic acids is 1. The van der Waals surface area contributed by atoms with E-state index >= 15 is 0 Å². The van der Waals surface area contributed by atoms with Gasteiger partial charge < -0.3 is 15.4 Å². The SMILES string of the molecule is COc1ccc(CCS(=O)(=O)c2ccc(NC(=O)NCc3ccccc3)cc2)cc1. The Labute approximate surface area is 176 Å². The van der Waals surface area contributed by atoms with E-state index in [9.17, 15) is 13.2 Å². The topological polar surface area (TPSA) is 84.5 Å². The van der Waals surface area contributed by atoms with Crippen LogP contribution in [0.25, 0.3) is 0 Å². The maximum absolute atomic E-state index is 12.6. The Morgan fingerprint density at radius 1 is 0.867 bits per heavy atom. The Hall–Kier alpha value is -3.32. The molecule has 3 aromatic rings. The van der Waals surface area contributed by atoms with E-state index in [1.807, 2.05) is 54.6 Å². The summed E-state index contributed by atoms with van der Waals surface area (Å²) in [4.78, 5) is 12.3. The van der Waals surface area contributed by atoms with E-state index in [2.05, 4.69) is 10.6 Å². The summed E-state index contributed by atoms with van der Waals surface area (Å²) in [6.45, 7) is 0.407. The van der Waals surface area contributed by atoms with Crippen molar-refractivity contribution in [1.82, 2.24) is 5.32 Å². The number of hydrogen-bond acceptors (Lipinski definition) is 4. The van der Waals surface area contributed by atoms with Gasteiger partial charge >= 0.3 is 6.03 Å². The minimum Gasteiger partial charge on any atom is -0.497 e. The monoisotopic (exact) mass is 424 g/mol. The molecule has 156 valence electrons. The number of rotatable bonds is 8. The summed E-state index contributed by atoms with van der Waals surface area (Å²) in [5.41, 5.74) is 2.44. The van der Waals surface area contributed by atoms with Crippen molar-refractivity contribution in [2.24, 2.45) is 0 Å². The third kappa shape index (κ3) is 6.09. The second-order valence-electron chi connectivity index (χ2n) is 6.73. The Morgan fingerprint density at radius 3 is 2.17 bits per heavy atom. The van der Waals surface area contributed by atoms with Gasteiger partial charge in [-0.25, -0.2) is 13.2 Å². The number of benzene rings is 3. The van der Waals surface area contributed by atoms with Crippen molar-refractivity contribution in [2.75, 3.05) is 18.2 Å². The van der Waals surface area contributed by atoms with Crippen LogP contribution in [0.5, 0.6) is 5.75 Å². The molecule has 7 heteroatoms. The van der Waals surface area contributed by atoms with Crippen LogP contribution in [0, 0.1) is 0 Å². The molecule has 0 unspecified atom stereocenters. The molecule has 0 aliphatic rings. The fraction of sp³-hybridized carbons (Fsp3) is 0.174. The van der Waals surface area contributed by atoms with Crippen LogP contribution in [0.2, 0.25) is 0 Å². The summed E-state index contributed by atoms with van der Waals surface area (Å²) in [6.07, 6.45) is 0.411. The zero-order chi connectivity index (χ0) is 21.4. The van der Waals surface area contributed by atoms with Crippen molar-refractivity contribution in [3.63, 3.8) is 0 Å². The maximum Gasteiger partial charge on any atom is 0.319 e. The molecule has 2 N–H and O–H groups in total. The number of anilines is 1. The van der Waals surface area contributed by atoms with Gasteiger partial charge in [0.15, 0.2) is 9.84 Å². The standard InChI is InChI=1S/C23H24N2O4S/c1-29-21-11-7-18(8-12-21)15-16-30(27,28)22-13-9-20(10-14-22)25-23(26)24-17-19-5-3-2-4-6-19/h2-14H,15-17H2,1H3,(H2,24,25,26). The number of nitrogens with one attached hydrogen (secondary N) is 2. The first kappa shape index (κ1) is 21.4. The number of amides is 2. The second kappa shape index (κ2) is 9.93. The van der Waals surface area contributed by atoms with Gasteiger partial charge in [0, 0.05) is 12.2 Å². The molecular weight excluding hydrogens is 400 g/mol. The molecule has 0 spiro atoms. The summed E-state index contributed by atoms with van der Waals surface area (Å²) in [6, 6.07) is 22.7. The molecule has 3 aromatic carbocycles. The highest BCUT2D eigenvalue weighted by Gasteiger charge is 2.15. The number of urea groups is 1. The third-order valence-electron chi connectivity index (χ3n) is 4.59. The maximum atomic E-state index is 12.6. The van der Waals surface area contributed by atoms with Crippen LogP contribution in [0.3, 0.4) is 0 Å². The number of hydrogen-bond donors (Lipinski definition) is 2. The molecule has 0 saturated heterocycles. The van der Waals surface area contributed by atoms with Gasteiger partial charge in [-0.1, -0.05) is 42.5 Å². The van der Waals surface area contributed by atoms with Crippen molar-refractivity contribution < 1.29 is 17.9 Å². The summed E-state index contributed by atoms with van der Waals surface area (Å²) in [7, 11) is -1.84. The molecular formula is C23H24N2O4S. The first-order valence-corrected chi connectivity index (χ1v) is 11.2. The van der Waals surface area contributed by atoms with E-state index in [1.54, 1.807) is 19.2 Å². The van der Waals surface area contributed by atoms with Crippen LogP contribution in [0.15, 0.2) is 83.8 Å². The molecule has 2 amide bonds. The van der Waals surface area contributed by atoms with Crippen LogP contribution in [0.1, 0.15) is 11.1 Å². The highest BCUT2D eigenvalue weighted by atomic mass is 32.2. The summed E-state index contributed by atoms with van der Waals surface area (Å²) in [5, 5.41) is 5.46. The van der Waals surface area contributed by atoms with Gasteiger partial charge in [-0.15, -0.1) is 0 Å². The van der Waals surface area contributed by atoms with E-state index in [-0.39, 0.29) is 16.7 Å². The van der Waals surface area contributed by atoms with Crippen LogP contribution in [0.4, 0.5) is 10.5 Å². The predicted octanol–water partition coefficient (Wildman–Crippen LogP) is 4.03. The Morgan fingerprint density at radius 2 is 1.53 bits per heavy atom. The lowest BCUT2D eigenvalue weighted by atomic mass is 10.2. The fourth-order valence-electron chi connectivity index (χ4n) is 2.86. The lowest BCUT2D eigenvalue weighted by Crippen LogP contribution is -2.28. The van der Waals surface area contributed by atoms with Gasteiger partial charge in [0.2, 0.25) is 0 Å². The van der Waals surface area contributed by atoms with Crippen molar-refractivity contribution in [1.29, 1.82) is 0 Å². The molecule has 0 aliphatic heterocycles. The third-order valence-corrected chi connectivity index (χ3v) is 6.32. The van der Waals surface area contributed by atoms with Gasteiger partial charge in [0.1, 0.15) is 5.75 Å². The Kier molecular flexibility index (Phi) is 7.08. The molecule has 0 saturated carbocycles. The van der Waals surface area contributed by atoms with E-state index < -0.39 is 9.84 Å². The minimum atomic E-state index is -3.43. The summed E-state index contributed by atoms with van der Waals surface area (Å²) in [5.74, 6) is 0.737. The van der Waals surface area contributed by atoms with Crippen LogP contribution in [-0.2, 0) is 22.8 Å². The van der Waals surface area contributed by atoms with E-state index in [4.69, 9.17) is 4.74 Å². The van der Waals surface area contributed by atoms with Crippen molar-refractivity contribution in [2.45, 2.75) is 17.9 Å². The number of sulfone groups is 1. The summed E-state index contributed by atoms with van der Waals surface area (Å²) < 4.78 is 30.3. The molecule has 0 radical (unpaired) electrons. The van der Waals surface area contributed by atoms with Crippen LogP contribution >= 0.6 is 0 Å². The van der Waals surface area contributed by atoms with Crippen LogP contribution in [-0.4, -0.2) is 27.3 Å². The Bertz CT molecular complexity index is 1060. The molecule has 0 atom stereocenters. The highest BCUT2D eigenvalue weighted by Crippen LogP contribution is 2.18. The minimum absolute atomic E-state index is 0.00364. The zero-order valence-corrected chi connectivity index (χ0v) is 17.5. The van der Waals surface area contributed by atoms with Gasteiger partial charge in [-0.2, -0.15) is 0 Å². The average molecular weight is 425 g/mol. The first-order chi connectivity index (χ1) is 14.5. The molecule has 0 bridgehead atoms. The number of methoxy groups -OCH3 is 1. The molecule has 30 heavy (non-hydrogen) atoms. The molecule has 3 rings (SSSR count). The fourth-order valence-corrected chi connectivity index (χ4v) is 4.15. The van der Waals surface area contributed by atoms with E-state index in [0.717, 1.165) is 16.9 Å². The lowest BCUT2D eigenvalue weighted by molar-refractivity contribution is 0.251. The van der Waals surface area contributed by atoms with Gasteiger partial charge in [0.25, 0.3) is 0 Å². The van der Waals surface area contributed by atoms with Crippen LogP contribution < -0.4 is 15.4 Å². The first-order valence-electron chi connectivity index (χ1n) is 9.51. The molecule has 0 aliphatic carbocycles. The van der Waals surface area contributed by atoms with Gasteiger partial charge in [0.05, 0.1) is 17.8 Å². The highest BCUT2D eigenvalue weighted by molar-refractivity contribution is 7.91. The van der Waals surface area contributed by atoms with Crippen molar-refractivity contribution in [3.05, 3.63) is 90.0 Å². The van der Waals surface area contributed by atoms with E-state index in [0.29, 0.717) is 18.7 Å². The Balaban J connectivity index is 1.53. The van der Waals surface area contributed by atoms with Gasteiger partial charge in [-0.05, 0) is 53.9 Å². The number of carbonyl (C=O) groups is 1. The second-order valence-corrected chi connectivity index (χ2v) is 8.84. The number of aryl methyl sites for hydroxylation is 1. The zero-order valence-electron chi connectivity index (χ0n) is 16.7.